The highest BCUT2D eigenvalue weighted by Gasteiger charge is 1.96. The molecular weight excluding hydrogens is 264 g/mol. The van der Waals surface area contributed by atoms with Crippen molar-refractivity contribution in [2.24, 2.45) is 0 Å². The zero-order valence-electron chi connectivity index (χ0n) is 8.70. The zero-order chi connectivity index (χ0) is 11.4. The largest absolute Gasteiger partial charge is 0.384 e. The van der Waals surface area contributed by atoms with Gasteiger partial charge in [0.2, 0.25) is 0 Å². The molecule has 0 radical (unpaired) electrons. The second-order valence-electron chi connectivity index (χ2n) is 3.54. The van der Waals surface area contributed by atoms with Gasteiger partial charge < -0.3 is 5.32 Å². The summed E-state index contributed by atoms with van der Waals surface area (Å²) in [6.45, 7) is 0.693. The maximum Gasteiger partial charge on any atom is 0.0640 e. The molecule has 0 saturated heterocycles. The summed E-state index contributed by atoms with van der Waals surface area (Å²) in [6, 6.07) is 14.5. The third kappa shape index (κ3) is 2.53. The highest BCUT2D eigenvalue weighted by atomic mass is 79.9. The van der Waals surface area contributed by atoms with E-state index in [4.69, 9.17) is 5.26 Å². The minimum atomic E-state index is 0.526. The molecule has 0 unspecified atom stereocenters. The van der Waals surface area contributed by atoms with E-state index in [1.165, 1.54) is 10.8 Å². The average molecular weight is 275 g/mol. The molecule has 3 heteroatoms. The molecule has 2 nitrogen and oxygen atoms in total. The molecular formula is C13H11BrN2. The van der Waals surface area contributed by atoms with Crippen LogP contribution in [-0.4, -0.2) is 6.54 Å². The van der Waals surface area contributed by atoms with Gasteiger partial charge in [0.25, 0.3) is 0 Å². The van der Waals surface area contributed by atoms with Crippen molar-refractivity contribution in [3.8, 4) is 6.07 Å². The fourth-order valence-corrected chi connectivity index (χ4v) is 1.97. The molecule has 0 aliphatic rings. The van der Waals surface area contributed by atoms with E-state index < -0.39 is 0 Å². The summed E-state index contributed by atoms with van der Waals surface area (Å²) in [5.41, 5.74) is 1.06. The fraction of sp³-hybridized carbons (Fsp3) is 0.154. The first-order chi connectivity index (χ1) is 7.79. The summed E-state index contributed by atoms with van der Waals surface area (Å²) < 4.78 is 1.09. The van der Waals surface area contributed by atoms with Gasteiger partial charge in [0, 0.05) is 16.7 Å². The lowest BCUT2D eigenvalue weighted by molar-refractivity contribution is 1.08. The molecule has 0 aliphatic heterocycles. The van der Waals surface area contributed by atoms with E-state index in [0.29, 0.717) is 13.0 Å². The van der Waals surface area contributed by atoms with Gasteiger partial charge in [0.1, 0.15) is 0 Å². The molecule has 16 heavy (non-hydrogen) atoms. The summed E-state index contributed by atoms with van der Waals surface area (Å²) in [5, 5.41) is 14.1. The molecule has 0 heterocycles. The van der Waals surface area contributed by atoms with E-state index in [0.717, 1.165) is 10.2 Å². The monoisotopic (exact) mass is 274 g/mol. The van der Waals surface area contributed by atoms with Crippen molar-refractivity contribution in [3.05, 3.63) is 40.9 Å². The third-order valence-corrected chi connectivity index (χ3v) is 2.86. The van der Waals surface area contributed by atoms with Crippen LogP contribution in [0.3, 0.4) is 0 Å². The quantitative estimate of drug-likeness (QED) is 0.861. The Kier molecular flexibility index (Phi) is 3.43. The molecule has 0 bridgehead atoms. The highest BCUT2D eigenvalue weighted by molar-refractivity contribution is 9.10. The van der Waals surface area contributed by atoms with Gasteiger partial charge in [-0.25, -0.2) is 0 Å². The number of hydrogen-bond acceptors (Lipinski definition) is 2. The number of nitriles is 1. The van der Waals surface area contributed by atoms with Crippen LogP contribution in [0.2, 0.25) is 0 Å². The molecule has 0 saturated carbocycles. The van der Waals surface area contributed by atoms with Gasteiger partial charge in [-0.3, -0.25) is 0 Å². The Balaban J connectivity index is 2.24. The number of halogens is 1. The Labute approximate surface area is 103 Å². The minimum absolute atomic E-state index is 0.526. The van der Waals surface area contributed by atoms with Crippen LogP contribution in [0.1, 0.15) is 6.42 Å². The van der Waals surface area contributed by atoms with Gasteiger partial charge in [-0.15, -0.1) is 0 Å². The van der Waals surface area contributed by atoms with Gasteiger partial charge in [0.05, 0.1) is 12.5 Å². The molecule has 0 spiro atoms. The van der Waals surface area contributed by atoms with Gasteiger partial charge in [-0.1, -0.05) is 28.1 Å². The lowest BCUT2D eigenvalue weighted by atomic mass is 10.1. The topological polar surface area (TPSA) is 35.8 Å². The highest BCUT2D eigenvalue weighted by Crippen LogP contribution is 2.22. The SMILES string of the molecule is N#CCCNc1ccc2cc(Br)ccc2c1. The Hall–Kier alpha value is -1.53. The van der Waals surface area contributed by atoms with Gasteiger partial charge >= 0.3 is 0 Å². The van der Waals surface area contributed by atoms with Crippen molar-refractivity contribution in [1.29, 1.82) is 5.26 Å². The molecule has 0 fully saturated rings. The Morgan fingerprint density at radius 2 is 1.88 bits per heavy atom. The molecule has 2 rings (SSSR count). The fourth-order valence-electron chi connectivity index (χ4n) is 1.59. The Morgan fingerprint density at radius 3 is 2.69 bits per heavy atom. The van der Waals surface area contributed by atoms with Crippen molar-refractivity contribution >= 4 is 32.4 Å². The molecule has 2 aromatic carbocycles. The molecule has 0 aromatic heterocycles. The number of rotatable bonds is 3. The number of hydrogen-bond donors (Lipinski definition) is 1. The van der Waals surface area contributed by atoms with E-state index >= 15 is 0 Å². The second-order valence-corrected chi connectivity index (χ2v) is 4.46. The van der Waals surface area contributed by atoms with Gasteiger partial charge in [-0.05, 0) is 35.0 Å². The molecule has 0 atom stereocenters. The second kappa shape index (κ2) is 5.00. The number of nitrogens with zero attached hydrogens (tertiary/aromatic N) is 1. The smallest absolute Gasteiger partial charge is 0.0640 e. The van der Waals surface area contributed by atoms with Crippen molar-refractivity contribution in [1.82, 2.24) is 0 Å². The van der Waals surface area contributed by atoms with Crippen LogP contribution < -0.4 is 5.32 Å². The average Bonchev–Trinajstić information content (AvgIpc) is 2.29. The zero-order valence-corrected chi connectivity index (χ0v) is 10.3. The van der Waals surface area contributed by atoms with Crippen molar-refractivity contribution < 1.29 is 0 Å². The number of nitrogens with one attached hydrogen (secondary N) is 1. The third-order valence-electron chi connectivity index (χ3n) is 2.37. The van der Waals surface area contributed by atoms with Crippen molar-refractivity contribution in [2.45, 2.75) is 6.42 Å². The Bertz CT molecular complexity index is 543. The molecule has 2 aromatic rings. The van der Waals surface area contributed by atoms with Crippen LogP contribution >= 0.6 is 15.9 Å². The van der Waals surface area contributed by atoms with Crippen molar-refractivity contribution in [3.63, 3.8) is 0 Å². The van der Waals surface area contributed by atoms with E-state index in [1.807, 2.05) is 12.1 Å². The van der Waals surface area contributed by atoms with E-state index in [2.05, 4.69) is 51.6 Å². The van der Waals surface area contributed by atoms with Crippen LogP contribution in [0.25, 0.3) is 10.8 Å². The van der Waals surface area contributed by atoms with Crippen LogP contribution in [-0.2, 0) is 0 Å². The summed E-state index contributed by atoms with van der Waals surface area (Å²) in [4.78, 5) is 0. The minimum Gasteiger partial charge on any atom is -0.384 e. The lowest BCUT2D eigenvalue weighted by Gasteiger charge is -2.05. The van der Waals surface area contributed by atoms with Gasteiger partial charge in [0.15, 0.2) is 0 Å². The standard InChI is InChI=1S/C13H11BrN2/c14-12-4-2-11-9-13(16-7-1-6-15)5-3-10(11)8-12/h2-5,8-9,16H,1,7H2. The number of benzene rings is 2. The number of anilines is 1. The molecule has 0 aliphatic carbocycles. The summed E-state index contributed by atoms with van der Waals surface area (Å²) >= 11 is 3.45. The first kappa shape index (κ1) is 11.0. The van der Waals surface area contributed by atoms with Gasteiger partial charge in [-0.2, -0.15) is 5.26 Å². The van der Waals surface area contributed by atoms with Crippen molar-refractivity contribution in [2.75, 3.05) is 11.9 Å². The van der Waals surface area contributed by atoms with Crippen LogP contribution in [0.15, 0.2) is 40.9 Å². The lowest BCUT2D eigenvalue weighted by Crippen LogP contribution is -1.99. The summed E-state index contributed by atoms with van der Waals surface area (Å²) in [5.74, 6) is 0. The maximum atomic E-state index is 8.45. The van der Waals surface area contributed by atoms with Crippen LogP contribution in [0.4, 0.5) is 5.69 Å². The van der Waals surface area contributed by atoms with E-state index in [-0.39, 0.29) is 0 Å². The molecule has 80 valence electrons. The maximum absolute atomic E-state index is 8.45. The van der Waals surface area contributed by atoms with Crippen LogP contribution in [0.5, 0.6) is 0 Å². The first-order valence-corrected chi connectivity index (χ1v) is 5.89. The molecule has 1 N–H and O–H groups in total. The number of fused-ring (bicyclic) bond motifs is 1. The predicted octanol–water partition coefficient (Wildman–Crippen LogP) is 3.93. The summed E-state index contributed by atoms with van der Waals surface area (Å²) in [6.07, 6.45) is 0.526. The normalized spacial score (nSPS) is 10.0. The first-order valence-electron chi connectivity index (χ1n) is 5.10. The van der Waals surface area contributed by atoms with E-state index in [9.17, 15) is 0 Å². The Morgan fingerprint density at radius 1 is 1.12 bits per heavy atom. The summed E-state index contributed by atoms with van der Waals surface area (Å²) in [7, 11) is 0. The van der Waals surface area contributed by atoms with E-state index in [1.54, 1.807) is 0 Å². The predicted molar refractivity (Wildman–Crippen MR) is 70.4 cm³/mol. The molecule has 0 amide bonds. The van der Waals surface area contributed by atoms with Crippen LogP contribution in [0, 0.1) is 11.3 Å².